The zero-order valence-corrected chi connectivity index (χ0v) is 42.3. The Labute approximate surface area is 327 Å². The lowest BCUT2D eigenvalue weighted by molar-refractivity contribution is 0.115. The van der Waals surface area contributed by atoms with Crippen LogP contribution in [0.3, 0.4) is 0 Å². The zero-order chi connectivity index (χ0) is 38.6. The Morgan fingerprint density at radius 1 is 0.423 bits per heavy atom. The average Bonchev–Trinajstić information content (AvgIpc) is 3.75. The minimum atomic E-state index is -2.27. The number of rotatable bonds is 28. The van der Waals surface area contributed by atoms with Crippen molar-refractivity contribution >= 4 is 59.0 Å². The highest BCUT2D eigenvalue weighted by Crippen LogP contribution is 2.29. The van der Waals surface area contributed by atoms with Gasteiger partial charge in [-0.3, -0.25) is 0 Å². The molecule has 18 heteroatoms. The molecule has 3 rings (SSSR count). The minimum Gasteiger partial charge on any atom is -0.437 e. The number of hydrogen-bond donors (Lipinski definition) is 0. The van der Waals surface area contributed by atoms with Crippen LogP contribution in [0.5, 0.6) is 0 Å². The summed E-state index contributed by atoms with van der Waals surface area (Å²) in [5.41, 5.74) is 0. The van der Waals surface area contributed by atoms with Crippen molar-refractivity contribution in [1.29, 1.82) is 0 Å². The van der Waals surface area contributed by atoms with E-state index in [-0.39, 0.29) is 7.43 Å². The fraction of sp³-hybridized carbons (Fsp3) is 1.00. The second-order valence-corrected chi connectivity index (χ2v) is 47.5. The van der Waals surface area contributed by atoms with Gasteiger partial charge in [0.1, 0.15) is 18.3 Å². The summed E-state index contributed by atoms with van der Waals surface area (Å²) in [6.45, 7) is 40.6. The van der Waals surface area contributed by atoms with E-state index < -0.39 is 59.0 Å². The van der Waals surface area contributed by atoms with Crippen LogP contribution in [0.4, 0.5) is 0 Å². The average molecular weight is 864 g/mol. The molecule has 0 aromatic rings. The quantitative estimate of drug-likeness (QED) is 0.0428. The smallest absolute Gasteiger partial charge is 0.315 e. The first-order chi connectivity index (χ1) is 23.3. The largest absolute Gasteiger partial charge is 0.437 e. The third-order valence-electron chi connectivity index (χ3n) is 7.75. The molecule has 0 aliphatic carbocycles. The molecule has 312 valence electrons. The van der Waals surface area contributed by atoms with Gasteiger partial charge in [-0.2, -0.15) is 0 Å². The summed E-state index contributed by atoms with van der Waals surface area (Å²) >= 11 is 0. The Bertz CT molecular complexity index is 946. The van der Waals surface area contributed by atoms with E-state index in [2.05, 4.69) is 98.2 Å². The summed E-state index contributed by atoms with van der Waals surface area (Å²) in [6.07, 6.45) is 4.12. The van der Waals surface area contributed by atoms with Crippen LogP contribution < -0.4 is 0 Å². The minimum absolute atomic E-state index is 0. The highest BCUT2D eigenvalue weighted by molar-refractivity contribution is 6.89. The van der Waals surface area contributed by atoms with Crippen molar-refractivity contribution < 1.29 is 49.0 Å². The summed E-state index contributed by atoms with van der Waals surface area (Å²) in [4.78, 5) is 0. The second-order valence-electron chi connectivity index (χ2n) is 18.6. The van der Waals surface area contributed by atoms with Crippen LogP contribution in [0.1, 0.15) is 26.7 Å². The molecule has 0 aromatic carbocycles. The van der Waals surface area contributed by atoms with Crippen molar-refractivity contribution in [2.45, 2.75) is 161 Å². The fourth-order valence-corrected chi connectivity index (χ4v) is 38.3. The second kappa shape index (κ2) is 22.3. The molecule has 52 heavy (non-hydrogen) atoms. The van der Waals surface area contributed by atoms with Crippen LogP contribution in [0.25, 0.3) is 0 Å². The van der Waals surface area contributed by atoms with Crippen molar-refractivity contribution in [1.82, 2.24) is 0 Å². The van der Waals surface area contributed by atoms with E-state index in [9.17, 15) is 0 Å². The van der Waals surface area contributed by atoms with Gasteiger partial charge in [0.05, 0.1) is 39.6 Å². The summed E-state index contributed by atoms with van der Waals surface area (Å²) in [5.74, 6) is 0. The van der Waals surface area contributed by atoms with Gasteiger partial charge in [0, 0.05) is 19.8 Å². The molecule has 3 saturated heterocycles. The molecule has 3 aliphatic rings. The van der Waals surface area contributed by atoms with E-state index in [1.165, 1.54) is 0 Å². The molecule has 0 radical (unpaired) electrons. The third-order valence-corrected chi connectivity index (χ3v) is 32.8. The topological polar surface area (TPSA) is 111 Å². The molecule has 3 aliphatic heterocycles. The van der Waals surface area contributed by atoms with Gasteiger partial charge in [0.15, 0.2) is 33.3 Å². The molecular weight excluding hydrogens is 781 g/mol. The van der Waals surface area contributed by atoms with Crippen molar-refractivity contribution in [2.75, 3.05) is 59.5 Å². The summed E-state index contributed by atoms with van der Waals surface area (Å²) in [5, 5.41) is 0. The Morgan fingerprint density at radius 2 is 0.731 bits per heavy atom. The van der Waals surface area contributed by atoms with Gasteiger partial charge in [0.2, 0.25) is 0 Å². The molecule has 11 nitrogen and oxygen atoms in total. The molecule has 0 bridgehead atoms. The molecule has 4 unspecified atom stereocenters. The van der Waals surface area contributed by atoms with E-state index in [0.717, 1.165) is 90.2 Å². The zero-order valence-electron chi connectivity index (χ0n) is 35.3. The lowest BCUT2D eigenvalue weighted by Crippen LogP contribution is -2.56. The van der Waals surface area contributed by atoms with Crippen LogP contribution >= 0.6 is 0 Å². The van der Waals surface area contributed by atoms with Crippen molar-refractivity contribution in [3.63, 3.8) is 0 Å². The van der Waals surface area contributed by atoms with E-state index in [4.69, 9.17) is 49.0 Å². The number of epoxide rings is 3. The van der Waals surface area contributed by atoms with E-state index in [0.29, 0.717) is 24.9 Å². The molecule has 0 saturated carbocycles. The van der Waals surface area contributed by atoms with Gasteiger partial charge >= 0.3 is 25.7 Å². The van der Waals surface area contributed by atoms with Crippen molar-refractivity contribution in [2.24, 2.45) is 0 Å². The van der Waals surface area contributed by atoms with Gasteiger partial charge in [-0.15, -0.1) is 0 Å². The van der Waals surface area contributed by atoms with E-state index >= 15 is 0 Å². The standard InChI is InChI=1S/C18H40O6Si3.C15H38O5Si4.CH4/c1-25(2,11-7-9-19-13-17-15-21-17)23-27(5,6)24-26(3,4)12-8-10-20-14-18-16-22-18;1-21(2,3)18-23(7,8)20-24(9,19-22(4,5)6)12-10-11-16-13-15-14-17-15;/h17-18H,7-16H2,1-6H3;15H,10-14H2,1-9H3;1H4. The lowest BCUT2D eigenvalue weighted by Gasteiger charge is -2.41. The lowest BCUT2D eigenvalue weighted by atomic mass is 10.5. The molecule has 0 amide bonds. The van der Waals surface area contributed by atoms with Crippen LogP contribution in [-0.2, 0) is 49.0 Å². The Kier molecular flexibility index (Phi) is 21.9. The summed E-state index contributed by atoms with van der Waals surface area (Å²) < 4.78 is 65.3. The highest BCUT2D eigenvalue weighted by atomic mass is 28.5. The van der Waals surface area contributed by atoms with Crippen LogP contribution in [0.2, 0.25) is 116 Å². The van der Waals surface area contributed by atoms with Gasteiger partial charge < -0.3 is 49.0 Å². The highest BCUT2D eigenvalue weighted by Gasteiger charge is 2.44. The van der Waals surface area contributed by atoms with Gasteiger partial charge in [-0.1, -0.05) is 7.43 Å². The first-order valence-electron chi connectivity index (χ1n) is 19.4. The van der Waals surface area contributed by atoms with Crippen LogP contribution in [0, 0.1) is 0 Å². The predicted octanol–water partition coefficient (Wildman–Crippen LogP) is 8.66. The van der Waals surface area contributed by atoms with Gasteiger partial charge in [-0.05, 0) is 136 Å². The maximum absolute atomic E-state index is 6.64. The molecule has 0 aromatic heterocycles. The normalized spacial score (nSPS) is 21.9. The van der Waals surface area contributed by atoms with Crippen LogP contribution in [-0.4, -0.2) is 137 Å². The third kappa shape index (κ3) is 28.5. The maximum atomic E-state index is 6.64. The summed E-state index contributed by atoms with van der Waals surface area (Å²) in [7, 11) is -13.4. The first-order valence-corrected chi connectivity index (χ1v) is 40.6. The monoisotopic (exact) mass is 862 g/mol. The number of ether oxygens (including phenoxy) is 6. The van der Waals surface area contributed by atoms with Crippen molar-refractivity contribution in [3.05, 3.63) is 0 Å². The Balaban J connectivity index is 0.000000514. The summed E-state index contributed by atoms with van der Waals surface area (Å²) in [6, 6.07) is 3.17. The first kappa shape index (κ1) is 51.1. The number of hydrogen-bond acceptors (Lipinski definition) is 11. The Hall–Kier alpha value is 1.08. The van der Waals surface area contributed by atoms with Gasteiger partial charge in [0.25, 0.3) is 0 Å². The van der Waals surface area contributed by atoms with Crippen molar-refractivity contribution in [3.8, 4) is 0 Å². The van der Waals surface area contributed by atoms with Crippen LogP contribution in [0.15, 0.2) is 0 Å². The Morgan fingerprint density at radius 3 is 1.04 bits per heavy atom. The van der Waals surface area contributed by atoms with Gasteiger partial charge in [-0.25, -0.2) is 0 Å². The molecule has 4 atom stereocenters. The van der Waals surface area contributed by atoms with E-state index in [1.54, 1.807) is 0 Å². The molecular formula is C34H82O11Si7. The molecule has 3 heterocycles. The van der Waals surface area contributed by atoms with E-state index in [1.807, 2.05) is 0 Å². The molecule has 0 N–H and O–H groups in total. The predicted molar refractivity (Wildman–Crippen MR) is 230 cm³/mol. The molecule has 3 fully saturated rings. The maximum Gasteiger partial charge on any atom is 0.315 e. The molecule has 0 spiro atoms. The SMILES string of the molecule is C.C[Si](C)(C)O[Si](C)(C)O[Si](C)(CCCOCC1CO1)O[Si](C)(C)C.C[Si](C)(CCCOCC1CO1)O[Si](C)(C)O[Si](C)(C)CCCOCC1CO1. The fourth-order valence-electron chi connectivity index (χ4n) is 6.33.